The molecule has 1 amide bonds. The molecule has 1 aliphatic rings. The molecule has 1 aromatic heterocycles. The number of nitrogens with one attached hydrogen (secondary N) is 1. The summed E-state index contributed by atoms with van der Waals surface area (Å²) in [5.74, 6) is 0.555. The number of rotatable bonds is 3. The van der Waals surface area contributed by atoms with Gasteiger partial charge in [0.15, 0.2) is 23.0 Å². The number of nitrogens with zero attached hydrogens (tertiary/aromatic N) is 1. The van der Waals surface area contributed by atoms with Gasteiger partial charge in [-0.3, -0.25) is 4.79 Å². The molecule has 9 heteroatoms. The Hall–Kier alpha value is -3.49. The smallest absolute Gasteiger partial charge is 0.418 e. The van der Waals surface area contributed by atoms with Crippen molar-refractivity contribution in [1.29, 1.82) is 0 Å². The van der Waals surface area contributed by atoms with Crippen LogP contribution >= 0.6 is 0 Å². The Balaban J connectivity index is 1.57. The number of halogens is 3. The van der Waals surface area contributed by atoms with Gasteiger partial charge in [0.25, 0.3) is 5.91 Å². The van der Waals surface area contributed by atoms with E-state index in [1.165, 1.54) is 24.3 Å². The van der Waals surface area contributed by atoms with Gasteiger partial charge < -0.3 is 19.3 Å². The van der Waals surface area contributed by atoms with Crippen molar-refractivity contribution in [1.82, 2.24) is 5.16 Å². The molecular weight excluding hydrogens is 365 g/mol. The SMILES string of the molecule is O=C(Nc1ccccc1C(F)(F)F)c1cc(-c2ccc3c(c2)OCO3)on1. The van der Waals surface area contributed by atoms with E-state index in [4.69, 9.17) is 14.0 Å². The lowest BCUT2D eigenvalue weighted by atomic mass is 10.1. The van der Waals surface area contributed by atoms with Crippen molar-refractivity contribution in [2.75, 3.05) is 12.1 Å². The first kappa shape index (κ1) is 17.0. The van der Waals surface area contributed by atoms with Crippen molar-refractivity contribution in [3.8, 4) is 22.8 Å². The molecule has 0 atom stereocenters. The van der Waals surface area contributed by atoms with Gasteiger partial charge in [0.2, 0.25) is 6.79 Å². The Morgan fingerprint density at radius 1 is 1.04 bits per heavy atom. The predicted molar refractivity (Wildman–Crippen MR) is 87.5 cm³/mol. The third-order valence-corrected chi connectivity index (χ3v) is 3.88. The summed E-state index contributed by atoms with van der Waals surface area (Å²) >= 11 is 0. The van der Waals surface area contributed by atoms with Crippen LogP contribution in [0.2, 0.25) is 0 Å². The van der Waals surface area contributed by atoms with E-state index in [9.17, 15) is 18.0 Å². The lowest BCUT2D eigenvalue weighted by Crippen LogP contribution is -2.16. The molecule has 27 heavy (non-hydrogen) atoms. The lowest BCUT2D eigenvalue weighted by molar-refractivity contribution is -0.136. The van der Waals surface area contributed by atoms with E-state index < -0.39 is 17.6 Å². The van der Waals surface area contributed by atoms with Crippen LogP contribution in [0.4, 0.5) is 18.9 Å². The van der Waals surface area contributed by atoms with Crippen molar-refractivity contribution >= 4 is 11.6 Å². The summed E-state index contributed by atoms with van der Waals surface area (Å²) in [6.07, 6.45) is -4.59. The van der Waals surface area contributed by atoms with Gasteiger partial charge in [-0.25, -0.2) is 0 Å². The zero-order chi connectivity index (χ0) is 19.0. The summed E-state index contributed by atoms with van der Waals surface area (Å²) in [5.41, 5.74) is -0.874. The summed E-state index contributed by atoms with van der Waals surface area (Å²) in [7, 11) is 0. The maximum Gasteiger partial charge on any atom is 0.418 e. The number of aromatic nitrogens is 1. The maximum atomic E-state index is 13.0. The Labute approximate surface area is 150 Å². The zero-order valence-corrected chi connectivity index (χ0v) is 13.5. The van der Waals surface area contributed by atoms with E-state index in [0.717, 1.165) is 6.07 Å². The predicted octanol–water partition coefficient (Wildman–Crippen LogP) is 4.34. The second-order valence-electron chi connectivity index (χ2n) is 5.64. The molecule has 0 spiro atoms. The number of ether oxygens (including phenoxy) is 2. The quantitative estimate of drug-likeness (QED) is 0.736. The molecule has 138 valence electrons. The van der Waals surface area contributed by atoms with Gasteiger partial charge in [0, 0.05) is 11.6 Å². The highest BCUT2D eigenvalue weighted by Crippen LogP contribution is 2.37. The molecule has 0 aliphatic carbocycles. The molecule has 0 saturated carbocycles. The molecule has 0 fully saturated rings. The minimum atomic E-state index is -4.59. The minimum absolute atomic E-state index is 0.113. The molecule has 1 aliphatic heterocycles. The van der Waals surface area contributed by atoms with E-state index in [-0.39, 0.29) is 23.9 Å². The highest BCUT2D eigenvalue weighted by atomic mass is 19.4. The monoisotopic (exact) mass is 376 g/mol. The van der Waals surface area contributed by atoms with E-state index in [0.29, 0.717) is 17.1 Å². The van der Waals surface area contributed by atoms with E-state index in [2.05, 4.69) is 10.5 Å². The summed E-state index contributed by atoms with van der Waals surface area (Å²) in [4.78, 5) is 12.3. The topological polar surface area (TPSA) is 73.6 Å². The third-order valence-electron chi connectivity index (χ3n) is 3.88. The summed E-state index contributed by atoms with van der Waals surface area (Å²) in [6.45, 7) is 0.113. The second kappa shape index (κ2) is 6.35. The largest absolute Gasteiger partial charge is 0.454 e. The van der Waals surface area contributed by atoms with Crippen LogP contribution in [0.1, 0.15) is 16.1 Å². The number of benzene rings is 2. The standard InChI is InChI=1S/C18H11F3N2O4/c19-18(20,21)11-3-1-2-4-12(11)22-17(24)13-8-15(27-23-13)10-5-6-14-16(7-10)26-9-25-14/h1-8H,9H2,(H,22,24). The van der Waals surface area contributed by atoms with E-state index in [1.807, 2.05) is 0 Å². The number of hydrogen-bond donors (Lipinski definition) is 1. The van der Waals surface area contributed by atoms with Gasteiger partial charge in [0.05, 0.1) is 11.3 Å². The molecule has 0 radical (unpaired) electrons. The average molecular weight is 376 g/mol. The fourth-order valence-corrected chi connectivity index (χ4v) is 2.59. The number of hydrogen-bond acceptors (Lipinski definition) is 5. The summed E-state index contributed by atoms with van der Waals surface area (Å²) in [6, 6.07) is 11.1. The molecule has 1 N–H and O–H groups in total. The van der Waals surface area contributed by atoms with Gasteiger partial charge >= 0.3 is 6.18 Å². The molecule has 0 saturated heterocycles. The number of anilines is 1. The van der Waals surface area contributed by atoms with Crippen LogP contribution in [-0.2, 0) is 6.18 Å². The van der Waals surface area contributed by atoms with Crippen LogP contribution in [0.5, 0.6) is 11.5 Å². The van der Waals surface area contributed by atoms with Crippen LogP contribution in [0.25, 0.3) is 11.3 Å². The molecule has 3 aromatic rings. The molecule has 0 unspecified atom stereocenters. The lowest BCUT2D eigenvalue weighted by Gasteiger charge is -2.12. The van der Waals surface area contributed by atoms with E-state index in [1.54, 1.807) is 18.2 Å². The van der Waals surface area contributed by atoms with E-state index >= 15 is 0 Å². The van der Waals surface area contributed by atoms with Crippen molar-refractivity contribution < 1.29 is 32.0 Å². The number of carbonyl (C=O) groups excluding carboxylic acids is 1. The van der Waals surface area contributed by atoms with Crippen LogP contribution in [0.15, 0.2) is 53.1 Å². The number of para-hydroxylation sites is 1. The fourth-order valence-electron chi connectivity index (χ4n) is 2.59. The van der Waals surface area contributed by atoms with Crippen molar-refractivity contribution in [3.05, 3.63) is 59.8 Å². The van der Waals surface area contributed by atoms with Crippen LogP contribution in [0, 0.1) is 0 Å². The van der Waals surface area contributed by atoms with Gasteiger partial charge in [-0.1, -0.05) is 17.3 Å². The van der Waals surface area contributed by atoms with Crippen molar-refractivity contribution in [2.45, 2.75) is 6.18 Å². The number of amides is 1. The summed E-state index contributed by atoms with van der Waals surface area (Å²) < 4.78 is 54.7. The second-order valence-corrected chi connectivity index (χ2v) is 5.64. The summed E-state index contributed by atoms with van der Waals surface area (Å²) in [5, 5.41) is 5.85. The van der Waals surface area contributed by atoms with Crippen molar-refractivity contribution in [2.24, 2.45) is 0 Å². The average Bonchev–Trinajstić information content (AvgIpc) is 3.30. The molecule has 2 heterocycles. The maximum absolute atomic E-state index is 13.0. The molecule has 2 aromatic carbocycles. The minimum Gasteiger partial charge on any atom is -0.454 e. The molecule has 4 rings (SSSR count). The number of carbonyl (C=O) groups is 1. The Bertz CT molecular complexity index is 1010. The van der Waals surface area contributed by atoms with Crippen molar-refractivity contribution in [3.63, 3.8) is 0 Å². The van der Waals surface area contributed by atoms with Crippen LogP contribution < -0.4 is 14.8 Å². The Kier molecular flexibility index (Phi) is 3.98. The van der Waals surface area contributed by atoms with Gasteiger partial charge in [0.1, 0.15) is 0 Å². The number of alkyl halides is 3. The van der Waals surface area contributed by atoms with Gasteiger partial charge in [-0.15, -0.1) is 0 Å². The first-order chi connectivity index (χ1) is 12.9. The first-order valence-electron chi connectivity index (χ1n) is 7.76. The molecule has 0 bridgehead atoms. The zero-order valence-electron chi connectivity index (χ0n) is 13.5. The highest BCUT2D eigenvalue weighted by Gasteiger charge is 2.33. The number of fused-ring (bicyclic) bond motifs is 1. The van der Waals surface area contributed by atoms with Gasteiger partial charge in [-0.2, -0.15) is 13.2 Å². The normalized spacial score (nSPS) is 12.9. The van der Waals surface area contributed by atoms with Gasteiger partial charge in [-0.05, 0) is 30.3 Å². The van der Waals surface area contributed by atoms with Crippen LogP contribution in [-0.4, -0.2) is 17.9 Å². The fraction of sp³-hybridized carbons (Fsp3) is 0.111. The molecular formula is C18H11F3N2O4. The first-order valence-corrected chi connectivity index (χ1v) is 7.76. The third kappa shape index (κ3) is 3.31. The molecule has 6 nitrogen and oxygen atoms in total. The highest BCUT2D eigenvalue weighted by molar-refractivity contribution is 6.03. The Morgan fingerprint density at radius 3 is 2.63 bits per heavy atom. The van der Waals surface area contributed by atoms with Crippen LogP contribution in [0.3, 0.4) is 0 Å². The Morgan fingerprint density at radius 2 is 1.81 bits per heavy atom.